The largest absolute Gasteiger partial charge is 0.496 e. The Balaban J connectivity index is 2.00. The molecule has 0 spiro atoms. The van der Waals surface area contributed by atoms with E-state index < -0.39 is 17.2 Å². The first kappa shape index (κ1) is 17.5. The third-order valence-corrected chi connectivity index (χ3v) is 3.64. The molecule has 2 aromatic rings. The topological polar surface area (TPSA) is 93.5 Å². The Bertz CT molecular complexity index is 737. The van der Waals surface area contributed by atoms with Gasteiger partial charge in [-0.05, 0) is 26.8 Å². The maximum absolute atomic E-state index is 12.4. The van der Waals surface area contributed by atoms with Crippen molar-refractivity contribution in [3.8, 4) is 5.75 Å². The molecular weight excluding hydrogens is 310 g/mol. The highest BCUT2D eigenvalue weighted by Gasteiger charge is 2.36. The van der Waals surface area contributed by atoms with E-state index in [0.717, 1.165) is 5.56 Å². The second kappa shape index (κ2) is 7.16. The molecule has 2 rings (SSSR count). The van der Waals surface area contributed by atoms with E-state index in [1.165, 1.54) is 0 Å². The molecule has 2 amide bonds. The Kier molecular flexibility index (Phi) is 5.23. The predicted octanol–water partition coefficient (Wildman–Crippen LogP) is 2.27. The highest BCUT2D eigenvalue weighted by atomic mass is 16.5. The van der Waals surface area contributed by atoms with Gasteiger partial charge in [-0.2, -0.15) is 0 Å². The third-order valence-electron chi connectivity index (χ3n) is 3.64. The smallest absolute Gasteiger partial charge is 0.240 e. The van der Waals surface area contributed by atoms with E-state index >= 15 is 0 Å². The summed E-state index contributed by atoms with van der Waals surface area (Å²) < 4.78 is 10.1. The van der Waals surface area contributed by atoms with Gasteiger partial charge in [-0.15, -0.1) is 0 Å². The summed E-state index contributed by atoms with van der Waals surface area (Å²) in [4.78, 5) is 24.8. The first-order valence-corrected chi connectivity index (χ1v) is 7.49. The van der Waals surface area contributed by atoms with Crippen LogP contribution in [0.3, 0.4) is 0 Å². The second-order valence-corrected chi connectivity index (χ2v) is 5.90. The van der Waals surface area contributed by atoms with E-state index in [2.05, 4.69) is 15.8 Å². The Hall–Kier alpha value is -2.83. The molecule has 1 heterocycles. The fourth-order valence-electron chi connectivity index (χ4n) is 2.05. The van der Waals surface area contributed by atoms with Crippen LogP contribution in [0.2, 0.25) is 0 Å². The summed E-state index contributed by atoms with van der Waals surface area (Å²) in [6, 6.07) is 8.95. The first-order chi connectivity index (χ1) is 11.3. The lowest BCUT2D eigenvalue weighted by Crippen LogP contribution is -2.44. The van der Waals surface area contributed by atoms with Crippen LogP contribution in [0.1, 0.15) is 25.2 Å². The molecule has 0 bridgehead atoms. The van der Waals surface area contributed by atoms with E-state index in [4.69, 9.17) is 9.26 Å². The number of aryl methyl sites for hydroxylation is 1. The number of hydrogen-bond donors (Lipinski definition) is 2. The molecule has 2 N–H and O–H groups in total. The van der Waals surface area contributed by atoms with Crippen LogP contribution in [-0.2, 0) is 16.1 Å². The number of nitrogens with one attached hydrogen (secondary N) is 2. The van der Waals surface area contributed by atoms with Gasteiger partial charge >= 0.3 is 0 Å². The van der Waals surface area contributed by atoms with Crippen molar-refractivity contribution < 1.29 is 18.8 Å². The minimum absolute atomic E-state index is 0.266. The van der Waals surface area contributed by atoms with Gasteiger partial charge in [-0.3, -0.25) is 9.59 Å². The molecule has 0 aliphatic rings. The number of carbonyl (C=O) groups excluding carboxylic acids is 2. The summed E-state index contributed by atoms with van der Waals surface area (Å²) in [5.41, 5.74) is -0.439. The molecule has 1 aromatic carbocycles. The Morgan fingerprint density at radius 2 is 1.96 bits per heavy atom. The van der Waals surface area contributed by atoms with Crippen molar-refractivity contribution in [2.75, 3.05) is 12.4 Å². The molecule has 128 valence electrons. The van der Waals surface area contributed by atoms with E-state index in [1.807, 2.05) is 24.3 Å². The number of para-hydroxylation sites is 1. The van der Waals surface area contributed by atoms with Crippen molar-refractivity contribution in [3.63, 3.8) is 0 Å². The normalized spacial score (nSPS) is 11.0. The zero-order chi connectivity index (χ0) is 17.7. The van der Waals surface area contributed by atoms with Gasteiger partial charge in [0, 0.05) is 18.2 Å². The molecule has 0 unspecified atom stereocenters. The SMILES string of the molecule is COc1ccccc1CNC(=O)C(C)(C)C(=O)Nc1cc(C)on1. The minimum Gasteiger partial charge on any atom is -0.496 e. The fourth-order valence-corrected chi connectivity index (χ4v) is 2.05. The molecule has 0 radical (unpaired) electrons. The summed E-state index contributed by atoms with van der Waals surface area (Å²) >= 11 is 0. The van der Waals surface area contributed by atoms with E-state index in [1.54, 1.807) is 33.9 Å². The lowest BCUT2D eigenvalue weighted by molar-refractivity contribution is -0.138. The molecule has 0 aliphatic heterocycles. The van der Waals surface area contributed by atoms with Crippen LogP contribution in [0.4, 0.5) is 5.82 Å². The maximum Gasteiger partial charge on any atom is 0.240 e. The summed E-state index contributed by atoms with van der Waals surface area (Å²) in [6.07, 6.45) is 0. The molecule has 7 nitrogen and oxygen atoms in total. The van der Waals surface area contributed by atoms with Gasteiger partial charge in [0.25, 0.3) is 0 Å². The van der Waals surface area contributed by atoms with Crippen LogP contribution in [0.15, 0.2) is 34.9 Å². The van der Waals surface area contributed by atoms with Gasteiger partial charge in [0.15, 0.2) is 5.82 Å². The van der Waals surface area contributed by atoms with E-state index in [-0.39, 0.29) is 12.4 Å². The van der Waals surface area contributed by atoms with Gasteiger partial charge in [0.2, 0.25) is 11.8 Å². The maximum atomic E-state index is 12.4. The summed E-state index contributed by atoms with van der Waals surface area (Å²) in [6.45, 7) is 5.08. The Labute approximate surface area is 140 Å². The first-order valence-electron chi connectivity index (χ1n) is 7.49. The number of rotatable bonds is 6. The average molecular weight is 331 g/mol. The van der Waals surface area contributed by atoms with Gasteiger partial charge in [-0.1, -0.05) is 23.4 Å². The number of methoxy groups -OCH3 is 1. The van der Waals surface area contributed by atoms with Crippen molar-refractivity contribution in [1.82, 2.24) is 10.5 Å². The van der Waals surface area contributed by atoms with Crippen LogP contribution in [0.25, 0.3) is 0 Å². The second-order valence-electron chi connectivity index (χ2n) is 5.90. The highest BCUT2D eigenvalue weighted by Crippen LogP contribution is 2.21. The van der Waals surface area contributed by atoms with Crippen LogP contribution in [0.5, 0.6) is 5.75 Å². The summed E-state index contributed by atoms with van der Waals surface area (Å²) in [5, 5.41) is 9.03. The van der Waals surface area contributed by atoms with E-state index in [9.17, 15) is 9.59 Å². The molecule has 0 fully saturated rings. The van der Waals surface area contributed by atoms with Gasteiger partial charge in [-0.25, -0.2) is 0 Å². The fraction of sp³-hybridized carbons (Fsp3) is 0.353. The zero-order valence-electron chi connectivity index (χ0n) is 14.2. The van der Waals surface area contributed by atoms with Crippen LogP contribution in [-0.4, -0.2) is 24.1 Å². The average Bonchev–Trinajstić information content (AvgIpc) is 2.97. The molecule has 0 atom stereocenters. The predicted molar refractivity (Wildman–Crippen MR) is 88.5 cm³/mol. The van der Waals surface area contributed by atoms with Crippen molar-refractivity contribution >= 4 is 17.6 Å². The number of carbonyl (C=O) groups is 2. The van der Waals surface area contributed by atoms with Crippen LogP contribution in [0, 0.1) is 12.3 Å². The van der Waals surface area contributed by atoms with Crippen LogP contribution < -0.4 is 15.4 Å². The number of benzene rings is 1. The van der Waals surface area contributed by atoms with Crippen molar-refractivity contribution in [2.45, 2.75) is 27.3 Å². The van der Waals surface area contributed by atoms with Gasteiger partial charge in [0.05, 0.1) is 7.11 Å². The van der Waals surface area contributed by atoms with Gasteiger partial charge < -0.3 is 19.9 Å². The molecule has 0 saturated heterocycles. The number of nitrogens with zero attached hydrogens (tertiary/aromatic N) is 1. The number of amides is 2. The zero-order valence-corrected chi connectivity index (χ0v) is 14.2. The lowest BCUT2D eigenvalue weighted by Gasteiger charge is -2.22. The molecule has 0 aliphatic carbocycles. The number of ether oxygens (including phenoxy) is 1. The van der Waals surface area contributed by atoms with Crippen molar-refractivity contribution in [2.24, 2.45) is 5.41 Å². The third kappa shape index (κ3) is 3.92. The van der Waals surface area contributed by atoms with Crippen molar-refractivity contribution in [1.29, 1.82) is 0 Å². The summed E-state index contributed by atoms with van der Waals surface area (Å²) in [7, 11) is 1.57. The van der Waals surface area contributed by atoms with Crippen molar-refractivity contribution in [3.05, 3.63) is 41.7 Å². The monoisotopic (exact) mass is 331 g/mol. The molecule has 24 heavy (non-hydrogen) atoms. The van der Waals surface area contributed by atoms with Gasteiger partial charge in [0.1, 0.15) is 16.9 Å². The van der Waals surface area contributed by atoms with Crippen LogP contribution >= 0.6 is 0 Å². The molecule has 0 saturated carbocycles. The molecule has 1 aromatic heterocycles. The molecule has 7 heteroatoms. The minimum atomic E-state index is -1.27. The summed E-state index contributed by atoms with van der Waals surface area (Å²) in [5.74, 6) is 0.671. The number of anilines is 1. The number of aromatic nitrogens is 1. The standard InChI is InChI=1S/C17H21N3O4/c1-11-9-14(20-24-11)19-16(22)17(2,3)15(21)18-10-12-7-5-6-8-13(12)23-4/h5-9H,10H2,1-4H3,(H,18,21)(H,19,20,22). The quantitative estimate of drug-likeness (QED) is 0.792. The Morgan fingerprint density at radius 3 is 2.58 bits per heavy atom. The number of hydrogen-bond acceptors (Lipinski definition) is 5. The lowest BCUT2D eigenvalue weighted by atomic mass is 9.91. The highest BCUT2D eigenvalue weighted by molar-refractivity contribution is 6.09. The Morgan fingerprint density at radius 1 is 1.25 bits per heavy atom. The van der Waals surface area contributed by atoms with E-state index in [0.29, 0.717) is 11.5 Å². The molecular formula is C17H21N3O4.